The van der Waals surface area contributed by atoms with E-state index >= 15 is 0 Å². The number of nitrogens with zero attached hydrogens (tertiary/aromatic N) is 2. The fourth-order valence-electron chi connectivity index (χ4n) is 1.02. The molecule has 0 aromatic carbocycles. The minimum Gasteiger partial charge on any atom is -0.357 e. The van der Waals surface area contributed by atoms with Crippen molar-refractivity contribution in [1.82, 2.24) is 15.0 Å². The van der Waals surface area contributed by atoms with Crippen LogP contribution in [0.4, 0.5) is 5.95 Å². The van der Waals surface area contributed by atoms with Crippen molar-refractivity contribution < 1.29 is 0 Å². The van der Waals surface area contributed by atoms with E-state index in [2.05, 4.69) is 20.3 Å². The summed E-state index contributed by atoms with van der Waals surface area (Å²) >= 11 is 5.87. The van der Waals surface area contributed by atoms with Gasteiger partial charge in [-0.25, -0.2) is 4.98 Å². The highest BCUT2D eigenvalue weighted by atomic mass is 35.5. The largest absolute Gasteiger partial charge is 0.357 e. The molecule has 0 bridgehead atoms. The van der Waals surface area contributed by atoms with E-state index < -0.39 is 0 Å². The average molecular weight is 183 g/mol. The molecule has 0 unspecified atom stereocenters. The molecule has 2 N–H and O–H groups in total. The van der Waals surface area contributed by atoms with Crippen molar-refractivity contribution >= 4 is 28.6 Å². The van der Waals surface area contributed by atoms with Crippen molar-refractivity contribution in [2.75, 3.05) is 12.4 Å². The molecule has 4 nitrogen and oxygen atoms in total. The first kappa shape index (κ1) is 7.36. The van der Waals surface area contributed by atoms with Gasteiger partial charge in [-0.3, -0.25) is 0 Å². The van der Waals surface area contributed by atoms with E-state index in [4.69, 9.17) is 11.6 Å². The molecule has 12 heavy (non-hydrogen) atoms. The number of rotatable bonds is 1. The molecule has 0 saturated heterocycles. The summed E-state index contributed by atoms with van der Waals surface area (Å²) in [4.78, 5) is 11.1. The Bertz CT molecular complexity index is 409. The highest BCUT2D eigenvalue weighted by Crippen LogP contribution is 2.19. The molecule has 0 saturated carbocycles. The fraction of sp³-hybridized carbons (Fsp3) is 0.143. The quantitative estimate of drug-likeness (QED) is 0.660. The Balaban J connectivity index is 2.75. The lowest BCUT2D eigenvalue weighted by atomic mass is 10.4. The van der Waals surface area contributed by atoms with Gasteiger partial charge in [0.1, 0.15) is 10.8 Å². The molecule has 0 spiro atoms. The smallest absolute Gasteiger partial charge is 0.225 e. The number of hydrogen-bond acceptors (Lipinski definition) is 3. The molecule has 0 aliphatic rings. The number of hydrogen-bond donors (Lipinski definition) is 2. The third-order valence-electron chi connectivity index (χ3n) is 1.59. The molecule has 62 valence electrons. The third kappa shape index (κ3) is 1.00. The van der Waals surface area contributed by atoms with Crippen LogP contribution in [0.3, 0.4) is 0 Å². The van der Waals surface area contributed by atoms with Gasteiger partial charge in [-0.05, 0) is 6.07 Å². The highest BCUT2D eigenvalue weighted by molar-refractivity contribution is 6.34. The van der Waals surface area contributed by atoms with Crippen molar-refractivity contribution in [2.24, 2.45) is 0 Å². The SMILES string of the molecule is CNc1nc(Cl)c2cc[nH]c2n1. The van der Waals surface area contributed by atoms with E-state index in [1.807, 2.05) is 6.07 Å². The van der Waals surface area contributed by atoms with Crippen molar-refractivity contribution in [3.63, 3.8) is 0 Å². The van der Waals surface area contributed by atoms with Crippen molar-refractivity contribution in [1.29, 1.82) is 0 Å². The molecule has 2 heterocycles. The summed E-state index contributed by atoms with van der Waals surface area (Å²) in [5, 5.41) is 4.13. The van der Waals surface area contributed by atoms with Crippen LogP contribution in [0.5, 0.6) is 0 Å². The summed E-state index contributed by atoms with van der Waals surface area (Å²) in [6, 6.07) is 1.84. The maximum Gasteiger partial charge on any atom is 0.225 e. The topological polar surface area (TPSA) is 53.6 Å². The van der Waals surface area contributed by atoms with Gasteiger partial charge in [0.15, 0.2) is 0 Å². The van der Waals surface area contributed by atoms with Crippen LogP contribution >= 0.6 is 11.6 Å². The molecule has 2 aromatic rings. The summed E-state index contributed by atoms with van der Waals surface area (Å²) in [6.07, 6.45) is 1.78. The predicted octanol–water partition coefficient (Wildman–Crippen LogP) is 1.65. The molecule has 0 atom stereocenters. The zero-order chi connectivity index (χ0) is 8.55. The Hall–Kier alpha value is -1.29. The minimum absolute atomic E-state index is 0.464. The van der Waals surface area contributed by atoms with Crippen molar-refractivity contribution in [2.45, 2.75) is 0 Å². The first-order valence-corrected chi connectivity index (χ1v) is 3.87. The van der Waals surface area contributed by atoms with Crippen LogP contribution in [0.15, 0.2) is 12.3 Å². The average Bonchev–Trinajstić information content (AvgIpc) is 2.52. The van der Waals surface area contributed by atoms with Crippen LogP contribution in [-0.4, -0.2) is 22.0 Å². The lowest BCUT2D eigenvalue weighted by Crippen LogP contribution is -1.96. The molecular formula is C7H7ClN4. The first-order valence-electron chi connectivity index (χ1n) is 3.49. The summed E-state index contributed by atoms with van der Waals surface area (Å²) < 4.78 is 0. The lowest BCUT2D eigenvalue weighted by Gasteiger charge is -1.98. The predicted molar refractivity (Wildman–Crippen MR) is 48.4 cm³/mol. The number of halogens is 1. The highest BCUT2D eigenvalue weighted by Gasteiger charge is 2.04. The number of aromatic nitrogens is 3. The second kappa shape index (κ2) is 2.64. The summed E-state index contributed by atoms with van der Waals surface area (Å²) in [7, 11) is 1.75. The fourth-order valence-corrected chi connectivity index (χ4v) is 1.25. The molecule has 0 aliphatic carbocycles. The van der Waals surface area contributed by atoms with Gasteiger partial charge < -0.3 is 10.3 Å². The molecular weight excluding hydrogens is 176 g/mol. The van der Waals surface area contributed by atoms with Gasteiger partial charge in [0.2, 0.25) is 5.95 Å². The normalized spacial score (nSPS) is 10.5. The third-order valence-corrected chi connectivity index (χ3v) is 1.88. The molecule has 0 fully saturated rings. The van der Waals surface area contributed by atoms with Gasteiger partial charge in [-0.1, -0.05) is 11.6 Å². The van der Waals surface area contributed by atoms with Crippen LogP contribution in [0.25, 0.3) is 11.0 Å². The summed E-state index contributed by atoms with van der Waals surface area (Å²) in [6.45, 7) is 0. The van der Waals surface area contributed by atoms with E-state index in [1.165, 1.54) is 0 Å². The zero-order valence-electron chi connectivity index (χ0n) is 6.43. The van der Waals surface area contributed by atoms with Crippen LogP contribution < -0.4 is 5.32 Å². The Morgan fingerprint density at radius 3 is 3.08 bits per heavy atom. The number of aromatic amines is 1. The van der Waals surface area contributed by atoms with Crippen LogP contribution in [0.2, 0.25) is 5.15 Å². The van der Waals surface area contributed by atoms with Gasteiger partial charge >= 0.3 is 0 Å². The minimum atomic E-state index is 0.464. The molecule has 5 heteroatoms. The number of anilines is 1. The Morgan fingerprint density at radius 1 is 1.50 bits per heavy atom. The van der Waals surface area contributed by atoms with E-state index in [0.717, 1.165) is 11.0 Å². The Morgan fingerprint density at radius 2 is 2.33 bits per heavy atom. The molecule has 0 amide bonds. The van der Waals surface area contributed by atoms with Crippen molar-refractivity contribution in [3.8, 4) is 0 Å². The standard InChI is InChI=1S/C7H7ClN4/c1-9-7-11-5(8)4-2-3-10-6(4)12-7/h2-3H,1H3,(H2,9,10,11,12). The van der Waals surface area contributed by atoms with Gasteiger partial charge in [-0.15, -0.1) is 0 Å². The lowest BCUT2D eigenvalue weighted by molar-refractivity contribution is 1.18. The molecule has 2 aromatic heterocycles. The summed E-state index contributed by atoms with van der Waals surface area (Å²) in [5.41, 5.74) is 0.749. The van der Waals surface area contributed by atoms with E-state index in [1.54, 1.807) is 13.2 Å². The monoisotopic (exact) mass is 182 g/mol. The number of nitrogens with one attached hydrogen (secondary N) is 2. The summed E-state index contributed by atoms with van der Waals surface area (Å²) in [5.74, 6) is 0.523. The van der Waals surface area contributed by atoms with E-state index in [-0.39, 0.29) is 0 Å². The van der Waals surface area contributed by atoms with Crippen LogP contribution in [0.1, 0.15) is 0 Å². The Labute approximate surface area is 74.0 Å². The number of H-pyrrole nitrogens is 1. The van der Waals surface area contributed by atoms with E-state index in [0.29, 0.717) is 11.1 Å². The second-order valence-electron chi connectivity index (χ2n) is 2.33. The zero-order valence-corrected chi connectivity index (χ0v) is 7.18. The van der Waals surface area contributed by atoms with Crippen molar-refractivity contribution in [3.05, 3.63) is 17.4 Å². The van der Waals surface area contributed by atoms with Crippen LogP contribution in [0, 0.1) is 0 Å². The second-order valence-corrected chi connectivity index (χ2v) is 2.69. The molecule has 0 radical (unpaired) electrons. The molecule has 2 rings (SSSR count). The van der Waals surface area contributed by atoms with Gasteiger partial charge in [0.05, 0.1) is 5.39 Å². The maximum absolute atomic E-state index is 5.87. The Kier molecular flexibility index (Phi) is 1.62. The van der Waals surface area contributed by atoms with Gasteiger partial charge in [0.25, 0.3) is 0 Å². The van der Waals surface area contributed by atoms with E-state index in [9.17, 15) is 0 Å². The van der Waals surface area contributed by atoms with Crippen LogP contribution in [-0.2, 0) is 0 Å². The van der Waals surface area contributed by atoms with Gasteiger partial charge in [0, 0.05) is 13.2 Å². The van der Waals surface area contributed by atoms with Gasteiger partial charge in [-0.2, -0.15) is 4.98 Å². The molecule has 0 aliphatic heterocycles. The number of fused-ring (bicyclic) bond motifs is 1. The maximum atomic E-state index is 5.87. The first-order chi connectivity index (χ1) is 5.81.